The van der Waals surface area contributed by atoms with Crippen LogP contribution in [-0.2, 0) is 6.54 Å². The van der Waals surface area contributed by atoms with Crippen LogP contribution in [0.4, 0.5) is 4.39 Å². The van der Waals surface area contributed by atoms with E-state index in [9.17, 15) is 4.39 Å². The third kappa shape index (κ3) is 4.10. The van der Waals surface area contributed by atoms with Gasteiger partial charge in [0.05, 0.1) is 5.69 Å². The van der Waals surface area contributed by atoms with E-state index in [0.29, 0.717) is 17.9 Å². The van der Waals surface area contributed by atoms with E-state index >= 15 is 0 Å². The molecule has 0 atom stereocenters. The maximum atomic E-state index is 13.2. The number of nitrogens with one attached hydrogen (secondary N) is 1. The second kappa shape index (κ2) is 5.45. The first-order valence-corrected chi connectivity index (χ1v) is 6.27. The fourth-order valence-corrected chi connectivity index (χ4v) is 1.62. The van der Waals surface area contributed by atoms with Crippen LogP contribution in [0, 0.1) is 5.82 Å². The molecule has 0 aliphatic rings. The summed E-state index contributed by atoms with van der Waals surface area (Å²) in [6.45, 7) is 6.96. The maximum absolute atomic E-state index is 13.2. The Morgan fingerprint density at radius 1 is 1.21 bits per heavy atom. The van der Waals surface area contributed by atoms with Crippen molar-refractivity contribution in [2.24, 2.45) is 0 Å². The minimum Gasteiger partial charge on any atom is -0.306 e. The zero-order valence-electron chi connectivity index (χ0n) is 11.4. The van der Waals surface area contributed by atoms with Gasteiger partial charge in [0.15, 0.2) is 5.82 Å². The van der Waals surface area contributed by atoms with Crippen LogP contribution in [-0.4, -0.2) is 15.5 Å². The second-order valence-corrected chi connectivity index (χ2v) is 5.49. The summed E-state index contributed by atoms with van der Waals surface area (Å²) in [7, 11) is 0. The summed E-state index contributed by atoms with van der Waals surface area (Å²) in [5.41, 5.74) is 1.62. The van der Waals surface area contributed by atoms with Crippen LogP contribution in [0.25, 0.3) is 11.4 Å². The van der Waals surface area contributed by atoms with Crippen molar-refractivity contribution in [1.82, 2.24) is 15.3 Å². The molecule has 19 heavy (non-hydrogen) atoms. The minimum atomic E-state index is -0.278. The van der Waals surface area contributed by atoms with Crippen LogP contribution in [0.1, 0.15) is 26.5 Å². The van der Waals surface area contributed by atoms with E-state index < -0.39 is 0 Å². The van der Waals surface area contributed by atoms with Crippen LogP contribution in [0.15, 0.2) is 36.5 Å². The lowest BCUT2D eigenvalue weighted by molar-refractivity contribution is 0.421. The Labute approximate surface area is 112 Å². The quantitative estimate of drug-likeness (QED) is 0.920. The van der Waals surface area contributed by atoms with Gasteiger partial charge >= 0.3 is 0 Å². The molecule has 4 heteroatoms. The van der Waals surface area contributed by atoms with Gasteiger partial charge < -0.3 is 5.32 Å². The molecule has 1 aromatic heterocycles. The SMILES string of the molecule is CC(C)(C)NCc1ccnc(-c2cccc(F)c2)n1. The number of rotatable bonds is 3. The molecule has 0 amide bonds. The van der Waals surface area contributed by atoms with Crippen LogP contribution in [0.5, 0.6) is 0 Å². The summed E-state index contributed by atoms with van der Waals surface area (Å²) in [4.78, 5) is 8.64. The highest BCUT2D eigenvalue weighted by Gasteiger charge is 2.10. The van der Waals surface area contributed by atoms with E-state index in [1.54, 1.807) is 18.3 Å². The molecule has 3 nitrogen and oxygen atoms in total. The fourth-order valence-electron chi connectivity index (χ4n) is 1.62. The van der Waals surface area contributed by atoms with Crippen molar-refractivity contribution in [3.8, 4) is 11.4 Å². The summed E-state index contributed by atoms with van der Waals surface area (Å²) in [5, 5.41) is 3.36. The van der Waals surface area contributed by atoms with Gasteiger partial charge in [-0.3, -0.25) is 0 Å². The molecule has 0 unspecified atom stereocenters. The molecular formula is C15H18FN3. The fraction of sp³-hybridized carbons (Fsp3) is 0.333. The molecule has 1 heterocycles. The van der Waals surface area contributed by atoms with E-state index in [-0.39, 0.29) is 11.4 Å². The number of hydrogen-bond donors (Lipinski definition) is 1. The molecule has 2 rings (SSSR count). The Hall–Kier alpha value is -1.81. The van der Waals surface area contributed by atoms with Gasteiger partial charge in [-0.2, -0.15) is 0 Å². The molecule has 0 saturated carbocycles. The van der Waals surface area contributed by atoms with E-state index in [1.807, 2.05) is 6.07 Å². The highest BCUT2D eigenvalue weighted by molar-refractivity contribution is 5.54. The summed E-state index contributed by atoms with van der Waals surface area (Å²) in [6.07, 6.45) is 1.70. The van der Waals surface area contributed by atoms with Gasteiger partial charge in [0.1, 0.15) is 5.82 Å². The molecule has 0 fully saturated rings. The lowest BCUT2D eigenvalue weighted by atomic mass is 10.1. The maximum Gasteiger partial charge on any atom is 0.159 e. The molecule has 2 aromatic rings. The molecule has 100 valence electrons. The normalized spacial score (nSPS) is 11.6. The molecule has 0 radical (unpaired) electrons. The number of nitrogens with zero attached hydrogens (tertiary/aromatic N) is 2. The summed E-state index contributed by atoms with van der Waals surface area (Å²) >= 11 is 0. The highest BCUT2D eigenvalue weighted by atomic mass is 19.1. The first-order chi connectivity index (χ1) is 8.94. The van der Waals surface area contributed by atoms with Gasteiger partial charge in [-0.1, -0.05) is 12.1 Å². The largest absolute Gasteiger partial charge is 0.306 e. The lowest BCUT2D eigenvalue weighted by Crippen LogP contribution is -2.35. The Morgan fingerprint density at radius 3 is 2.68 bits per heavy atom. The molecule has 1 aromatic carbocycles. The Kier molecular flexibility index (Phi) is 3.90. The van der Waals surface area contributed by atoms with Crippen molar-refractivity contribution in [3.05, 3.63) is 48.0 Å². The predicted octanol–water partition coefficient (Wildman–Crippen LogP) is 3.17. The smallest absolute Gasteiger partial charge is 0.159 e. The molecule has 0 spiro atoms. The van der Waals surface area contributed by atoms with Gasteiger partial charge in [0.2, 0.25) is 0 Å². The van der Waals surface area contributed by atoms with Gasteiger partial charge in [0.25, 0.3) is 0 Å². The van der Waals surface area contributed by atoms with Crippen molar-refractivity contribution >= 4 is 0 Å². The van der Waals surface area contributed by atoms with Crippen LogP contribution >= 0.6 is 0 Å². The summed E-state index contributed by atoms with van der Waals surface area (Å²) in [5.74, 6) is 0.270. The van der Waals surface area contributed by atoms with Gasteiger partial charge in [0, 0.05) is 23.8 Å². The number of benzene rings is 1. The molecule has 0 bridgehead atoms. The summed E-state index contributed by atoms with van der Waals surface area (Å²) in [6, 6.07) is 8.18. The zero-order valence-corrected chi connectivity index (χ0v) is 11.4. The topological polar surface area (TPSA) is 37.8 Å². The molecule has 0 aliphatic carbocycles. The summed E-state index contributed by atoms with van der Waals surface area (Å²) < 4.78 is 13.2. The third-order valence-electron chi connectivity index (χ3n) is 2.60. The lowest BCUT2D eigenvalue weighted by Gasteiger charge is -2.20. The standard InChI is InChI=1S/C15H18FN3/c1-15(2,3)18-10-13-7-8-17-14(19-13)11-5-4-6-12(16)9-11/h4-9,18H,10H2,1-3H3. The first kappa shape index (κ1) is 13.6. The molecule has 0 saturated heterocycles. The van der Waals surface area contributed by atoms with Crippen LogP contribution in [0.2, 0.25) is 0 Å². The van der Waals surface area contributed by atoms with Crippen LogP contribution in [0.3, 0.4) is 0 Å². The van der Waals surface area contributed by atoms with Crippen molar-refractivity contribution in [3.63, 3.8) is 0 Å². The van der Waals surface area contributed by atoms with Crippen molar-refractivity contribution in [2.75, 3.05) is 0 Å². The number of hydrogen-bond acceptors (Lipinski definition) is 3. The predicted molar refractivity (Wildman–Crippen MR) is 74.0 cm³/mol. The van der Waals surface area contributed by atoms with Crippen molar-refractivity contribution in [1.29, 1.82) is 0 Å². The first-order valence-electron chi connectivity index (χ1n) is 6.27. The molecule has 0 aliphatic heterocycles. The third-order valence-corrected chi connectivity index (χ3v) is 2.60. The molecular weight excluding hydrogens is 241 g/mol. The molecule has 1 N–H and O–H groups in total. The Balaban J connectivity index is 2.20. The minimum absolute atomic E-state index is 0.0317. The van der Waals surface area contributed by atoms with E-state index in [4.69, 9.17) is 0 Å². The average Bonchev–Trinajstić information content (AvgIpc) is 2.36. The van der Waals surface area contributed by atoms with E-state index in [0.717, 1.165) is 5.69 Å². The van der Waals surface area contributed by atoms with E-state index in [2.05, 4.69) is 36.1 Å². The Morgan fingerprint density at radius 2 is 2.00 bits per heavy atom. The zero-order chi connectivity index (χ0) is 13.9. The average molecular weight is 259 g/mol. The van der Waals surface area contributed by atoms with E-state index in [1.165, 1.54) is 12.1 Å². The second-order valence-electron chi connectivity index (χ2n) is 5.49. The van der Waals surface area contributed by atoms with Crippen LogP contribution < -0.4 is 5.32 Å². The number of halogens is 1. The van der Waals surface area contributed by atoms with Crippen molar-refractivity contribution < 1.29 is 4.39 Å². The highest BCUT2D eigenvalue weighted by Crippen LogP contribution is 2.15. The van der Waals surface area contributed by atoms with Crippen molar-refractivity contribution in [2.45, 2.75) is 32.9 Å². The monoisotopic (exact) mass is 259 g/mol. The Bertz CT molecular complexity index is 561. The van der Waals surface area contributed by atoms with Gasteiger partial charge in [-0.25, -0.2) is 14.4 Å². The van der Waals surface area contributed by atoms with Gasteiger partial charge in [-0.15, -0.1) is 0 Å². The number of aromatic nitrogens is 2. The van der Waals surface area contributed by atoms with Gasteiger partial charge in [-0.05, 0) is 39.0 Å².